The minimum atomic E-state index is 0. The third-order valence-electron chi connectivity index (χ3n) is 3.93. The summed E-state index contributed by atoms with van der Waals surface area (Å²) in [6.45, 7) is 2.09. The number of carbonyl (C=O) groups excluding carboxylic acids is 1. The zero-order valence-corrected chi connectivity index (χ0v) is 12.8. The van der Waals surface area contributed by atoms with Crippen molar-refractivity contribution in [3.8, 4) is 0 Å². The predicted octanol–water partition coefficient (Wildman–Crippen LogP) is 2.29. The van der Waals surface area contributed by atoms with Crippen molar-refractivity contribution in [2.24, 2.45) is 0 Å². The third-order valence-corrected chi connectivity index (χ3v) is 4.63. The van der Waals surface area contributed by atoms with E-state index in [1.54, 1.807) is 0 Å². The lowest BCUT2D eigenvalue weighted by Crippen LogP contribution is -2.42. The quantitative estimate of drug-likeness (QED) is 0.789. The molecular formula is C13H25ClN2OS. The summed E-state index contributed by atoms with van der Waals surface area (Å²) >= 11 is 1.87. The molecule has 5 heteroatoms. The Balaban J connectivity index is 0.00000162. The first-order chi connectivity index (χ1) is 8.33. The first kappa shape index (κ1) is 16.1. The number of fused-ring (bicyclic) bond motifs is 2. The van der Waals surface area contributed by atoms with Crippen molar-refractivity contribution >= 4 is 30.1 Å². The standard InChI is InChI=1S/C13H24N2OS.ClH/c1-17-9-3-2-4-13(16)15-11-5-6-12(15)10-14-8-7-11;/h11-12,14H,2-10H2,1H3;1H. The molecule has 2 rings (SSSR count). The van der Waals surface area contributed by atoms with Crippen molar-refractivity contribution in [2.45, 2.75) is 50.6 Å². The van der Waals surface area contributed by atoms with Gasteiger partial charge in [0.25, 0.3) is 0 Å². The second-order valence-corrected chi connectivity index (χ2v) is 6.11. The van der Waals surface area contributed by atoms with Gasteiger partial charge in [0, 0.05) is 25.0 Å². The largest absolute Gasteiger partial charge is 0.335 e. The molecule has 2 unspecified atom stereocenters. The molecule has 2 saturated heterocycles. The smallest absolute Gasteiger partial charge is 0.223 e. The van der Waals surface area contributed by atoms with Gasteiger partial charge in [0.2, 0.25) is 5.91 Å². The lowest BCUT2D eigenvalue weighted by atomic mass is 10.1. The molecule has 2 heterocycles. The Morgan fingerprint density at radius 3 is 2.83 bits per heavy atom. The number of carbonyl (C=O) groups is 1. The molecule has 0 aromatic heterocycles. The zero-order valence-electron chi connectivity index (χ0n) is 11.2. The zero-order chi connectivity index (χ0) is 12.1. The SMILES string of the molecule is CSCCCCC(=O)N1C2CCNCC1CC2.Cl. The minimum Gasteiger partial charge on any atom is -0.335 e. The number of hydrogen-bond donors (Lipinski definition) is 1. The number of unbranched alkanes of at least 4 members (excludes halogenated alkanes) is 1. The molecule has 18 heavy (non-hydrogen) atoms. The van der Waals surface area contributed by atoms with Crippen LogP contribution in [0.25, 0.3) is 0 Å². The van der Waals surface area contributed by atoms with Crippen molar-refractivity contribution in [3.05, 3.63) is 0 Å². The lowest BCUT2D eigenvalue weighted by Gasteiger charge is -2.28. The van der Waals surface area contributed by atoms with E-state index in [2.05, 4.69) is 16.5 Å². The van der Waals surface area contributed by atoms with E-state index in [1.165, 1.54) is 25.0 Å². The number of rotatable bonds is 5. The Morgan fingerprint density at radius 2 is 2.06 bits per heavy atom. The molecule has 3 nitrogen and oxygen atoms in total. The molecule has 106 valence electrons. The van der Waals surface area contributed by atoms with E-state index in [9.17, 15) is 4.79 Å². The molecule has 0 aliphatic carbocycles. The highest BCUT2D eigenvalue weighted by Gasteiger charge is 2.37. The summed E-state index contributed by atoms with van der Waals surface area (Å²) in [5.41, 5.74) is 0. The van der Waals surface area contributed by atoms with Gasteiger partial charge in [0.15, 0.2) is 0 Å². The van der Waals surface area contributed by atoms with E-state index >= 15 is 0 Å². The predicted molar refractivity (Wildman–Crippen MR) is 80.6 cm³/mol. The summed E-state index contributed by atoms with van der Waals surface area (Å²) in [7, 11) is 0. The van der Waals surface area contributed by atoms with Crippen LogP contribution < -0.4 is 5.32 Å². The number of amides is 1. The molecule has 0 saturated carbocycles. The number of nitrogens with zero attached hydrogens (tertiary/aromatic N) is 1. The maximum absolute atomic E-state index is 12.3. The first-order valence-corrected chi connectivity index (χ1v) is 8.23. The van der Waals surface area contributed by atoms with Crippen LogP contribution in [0.15, 0.2) is 0 Å². The van der Waals surface area contributed by atoms with Gasteiger partial charge >= 0.3 is 0 Å². The van der Waals surface area contributed by atoms with Crippen LogP contribution in [-0.2, 0) is 4.79 Å². The highest BCUT2D eigenvalue weighted by molar-refractivity contribution is 7.98. The van der Waals surface area contributed by atoms with Gasteiger partial charge in [-0.25, -0.2) is 0 Å². The summed E-state index contributed by atoms with van der Waals surface area (Å²) in [6.07, 6.45) is 8.69. The van der Waals surface area contributed by atoms with E-state index in [-0.39, 0.29) is 12.4 Å². The fourth-order valence-corrected chi connectivity index (χ4v) is 3.53. The topological polar surface area (TPSA) is 32.3 Å². The molecule has 2 atom stereocenters. The Hall–Kier alpha value is 0.0700. The molecule has 2 aliphatic heterocycles. The normalized spacial score (nSPS) is 26.6. The Morgan fingerprint density at radius 1 is 1.28 bits per heavy atom. The van der Waals surface area contributed by atoms with E-state index in [4.69, 9.17) is 0 Å². The highest BCUT2D eigenvalue weighted by atomic mass is 35.5. The molecule has 0 aromatic carbocycles. The van der Waals surface area contributed by atoms with Crippen LogP contribution in [0.5, 0.6) is 0 Å². The Labute approximate surface area is 121 Å². The minimum absolute atomic E-state index is 0. The van der Waals surface area contributed by atoms with Crippen LogP contribution in [0.2, 0.25) is 0 Å². The van der Waals surface area contributed by atoms with Crippen LogP contribution in [0.3, 0.4) is 0 Å². The highest BCUT2D eigenvalue weighted by Crippen LogP contribution is 2.28. The van der Waals surface area contributed by atoms with Crippen molar-refractivity contribution < 1.29 is 4.79 Å². The molecule has 1 amide bonds. The number of thioether (sulfide) groups is 1. The average Bonchev–Trinajstić information content (AvgIpc) is 2.58. The number of hydrogen-bond acceptors (Lipinski definition) is 3. The molecule has 2 bridgehead atoms. The van der Waals surface area contributed by atoms with Crippen LogP contribution in [-0.4, -0.2) is 48.0 Å². The molecule has 2 fully saturated rings. The van der Waals surface area contributed by atoms with E-state index in [0.29, 0.717) is 18.0 Å². The monoisotopic (exact) mass is 292 g/mol. The van der Waals surface area contributed by atoms with Gasteiger partial charge in [-0.15, -0.1) is 12.4 Å². The summed E-state index contributed by atoms with van der Waals surface area (Å²) in [5.74, 6) is 1.59. The molecule has 1 N–H and O–H groups in total. The van der Waals surface area contributed by atoms with Crippen molar-refractivity contribution in [1.29, 1.82) is 0 Å². The van der Waals surface area contributed by atoms with Crippen LogP contribution in [0.4, 0.5) is 0 Å². The maximum atomic E-state index is 12.3. The second kappa shape index (κ2) is 8.28. The van der Waals surface area contributed by atoms with Crippen molar-refractivity contribution in [3.63, 3.8) is 0 Å². The van der Waals surface area contributed by atoms with Crippen LogP contribution in [0, 0.1) is 0 Å². The van der Waals surface area contributed by atoms with Gasteiger partial charge in [0.05, 0.1) is 0 Å². The van der Waals surface area contributed by atoms with Gasteiger partial charge in [-0.2, -0.15) is 11.8 Å². The van der Waals surface area contributed by atoms with Gasteiger partial charge in [-0.05, 0) is 50.7 Å². The average molecular weight is 293 g/mol. The fraction of sp³-hybridized carbons (Fsp3) is 0.923. The number of nitrogens with one attached hydrogen (secondary N) is 1. The summed E-state index contributed by atoms with van der Waals surface area (Å²) in [6, 6.07) is 1.01. The second-order valence-electron chi connectivity index (χ2n) is 5.13. The van der Waals surface area contributed by atoms with Gasteiger partial charge < -0.3 is 10.2 Å². The molecule has 2 aliphatic rings. The molecular weight excluding hydrogens is 268 g/mol. The fourth-order valence-electron chi connectivity index (χ4n) is 3.04. The Bertz CT molecular complexity index is 251. The first-order valence-electron chi connectivity index (χ1n) is 6.83. The van der Waals surface area contributed by atoms with E-state index in [1.807, 2.05) is 11.8 Å². The Kier molecular flexibility index (Phi) is 7.42. The van der Waals surface area contributed by atoms with E-state index in [0.717, 1.165) is 32.4 Å². The van der Waals surface area contributed by atoms with Gasteiger partial charge in [-0.1, -0.05) is 0 Å². The maximum Gasteiger partial charge on any atom is 0.223 e. The molecule has 0 radical (unpaired) electrons. The van der Waals surface area contributed by atoms with E-state index < -0.39 is 0 Å². The van der Waals surface area contributed by atoms with Crippen molar-refractivity contribution in [1.82, 2.24) is 10.2 Å². The van der Waals surface area contributed by atoms with Gasteiger partial charge in [-0.3, -0.25) is 4.79 Å². The summed E-state index contributed by atoms with van der Waals surface area (Å²) < 4.78 is 0. The lowest BCUT2D eigenvalue weighted by molar-refractivity contribution is -0.133. The van der Waals surface area contributed by atoms with Crippen molar-refractivity contribution in [2.75, 3.05) is 25.1 Å². The number of halogens is 1. The van der Waals surface area contributed by atoms with Crippen LogP contribution in [0.1, 0.15) is 38.5 Å². The summed E-state index contributed by atoms with van der Waals surface area (Å²) in [4.78, 5) is 14.5. The van der Waals surface area contributed by atoms with Crippen LogP contribution >= 0.6 is 24.2 Å². The molecule has 0 aromatic rings. The van der Waals surface area contributed by atoms with Gasteiger partial charge in [0.1, 0.15) is 0 Å². The summed E-state index contributed by atoms with van der Waals surface area (Å²) in [5, 5.41) is 3.44. The molecule has 0 spiro atoms. The third kappa shape index (κ3) is 4.04.